The summed E-state index contributed by atoms with van der Waals surface area (Å²) in [5.74, 6) is -0.427. The molecular weight excluding hydrogens is 234 g/mol. The Morgan fingerprint density at radius 1 is 1.28 bits per heavy atom. The fourth-order valence-corrected chi connectivity index (χ4v) is 1.55. The summed E-state index contributed by atoms with van der Waals surface area (Å²) in [5, 5.41) is 2.72. The normalized spacial score (nSPS) is 16.2. The van der Waals surface area contributed by atoms with Crippen molar-refractivity contribution in [2.45, 2.75) is 6.92 Å². The lowest BCUT2D eigenvalue weighted by atomic mass is 10.3. The van der Waals surface area contributed by atoms with Crippen LogP contribution in [-0.4, -0.2) is 68.2 Å². The van der Waals surface area contributed by atoms with Crippen molar-refractivity contribution in [1.82, 2.24) is 15.1 Å². The number of esters is 1. The maximum atomic E-state index is 11.7. The molecule has 0 bridgehead atoms. The molecule has 0 aromatic rings. The molecule has 0 aromatic carbocycles. The number of carbonyl (C=O) groups is 2. The highest BCUT2D eigenvalue weighted by Crippen LogP contribution is 1.99. The third kappa shape index (κ3) is 4.75. The number of ether oxygens (including phenoxy) is 1. The number of likely N-dealkylation sites (N-methyl/N-ethyl adjacent to an activating group) is 1. The quantitative estimate of drug-likeness (QED) is 0.438. The first-order valence-corrected chi connectivity index (χ1v) is 6.04. The fraction of sp³-hybridized carbons (Fsp3) is 0.667. The topological polar surface area (TPSA) is 61.9 Å². The lowest BCUT2D eigenvalue weighted by Gasteiger charge is -2.32. The Balaban J connectivity index is 2.14. The summed E-state index contributed by atoms with van der Waals surface area (Å²) in [7, 11) is 2.03. The minimum absolute atomic E-state index is 0.102. The summed E-state index contributed by atoms with van der Waals surface area (Å²) in [6, 6.07) is -0.102. The van der Waals surface area contributed by atoms with E-state index in [1.54, 1.807) is 11.8 Å². The number of carbonyl (C=O) groups excluding carboxylic acids is 2. The van der Waals surface area contributed by atoms with Crippen LogP contribution in [0.1, 0.15) is 6.92 Å². The number of rotatable bonds is 4. The molecule has 0 spiro atoms. The van der Waals surface area contributed by atoms with Crippen molar-refractivity contribution in [3.63, 3.8) is 0 Å². The number of urea groups is 1. The highest BCUT2D eigenvalue weighted by molar-refractivity contribution is 5.86. The average Bonchev–Trinajstić information content (AvgIpc) is 2.34. The molecule has 1 saturated heterocycles. The molecule has 0 saturated carbocycles. The maximum absolute atomic E-state index is 11.7. The van der Waals surface area contributed by atoms with Crippen LogP contribution in [0, 0.1) is 0 Å². The lowest BCUT2D eigenvalue weighted by Crippen LogP contribution is -2.51. The zero-order valence-electron chi connectivity index (χ0n) is 11.1. The minimum Gasteiger partial charge on any atom is -0.460 e. The SMILES string of the molecule is C=C(C)C(=O)OCCNC(=O)N1CCN(C)CC1. The standard InChI is InChI=1S/C12H21N3O3/c1-10(2)11(16)18-9-4-13-12(17)15-7-5-14(3)6-8-15/h1,4-9H2,2-3H3,(H,13,17). The van der Waals surface area contributed by atoms with Crippen molar-refractivity contribution < 1.29 is 14.3 Å². The van der Waals surface area contributed by atoms with E-state index in [-0.39, 0.29) is 12.6 Å². The first kappa shape index (κ1) is 14.5. The van der Waals surface area contributed by atoms with E-state index < -0.39 is 5.97 Å². The lowest BCUT2D eigenvalue weighted by molar-refractivity contribution is -0.138. The van der Waals surface area contributed by atoms with Gasteiger partial charge in [0, 0.05) is 31.8 Å². The van der Waals surface area contributed by atoms with E-state index in [0.29, 0.717) is 12.1 Å². The summed E-state index contributed by atoms with van der Waals surface area (Å²) in [5.41, 5.74) is 0.361. The van der Waals surface area contributed by atoms with Gasteiger partial charge in [-0.2, -0.15) is 0 Å². The van der Waals surface area contributed by atoms with Crippen molar-refractivity contribution in [3.8, 4) is 0 Å². The van der Waals surface area contributed by atoms with Gasteiger partial charge in [0.25, 0.3) is 0 Å². The third-order valence-corrected chi connectivity index (χ3v) is 2.75. The van der Waals surface area contributed by atoms with Crippen LogP contribution in [0.25, 0.3) is 0 Å². The highest BCUT2D eigenvalue weighted by atomic mass is 16.5. The molecule has 1 fully saturated rings. The van der Waals surface area contributed by atoms with E-state index in [9.17, 15) is 9.59 Å². The van der Waals surface area contributed by atoms with Crippen LogP contribution in [0.15, 0.2) is 12.2 Å². The Hall–Kier alpha value is -1.56. The monoisotopic (exact) mass is 255 g/mol. The molecule has 2 amide bonds. The van der Waals surface area contributed by atoms with E-state index in [1.165, 1.54) is 0 Å². The van der Waals surface area contributed by atoms with Crippen LogP contribution < -0.4 is 5.32 Å². The zero-order valence-corrected chi connectivity index (χ0v) is 11.1. The Morgan fingerprint density at radius 3 is 2.44 bits per heavy atom. The van der Waals surface area contributed by atoms with Gasteiger partial charge in [0.05, 0.1) is 6.54 Å². The first-order chi connectivity index (χ1) is 8.50. The van der Waals surface area contributed by atoms with Gasteiger partial charge in [-0.05, 0) is 14.0 Å². The van der Waals surface area contributed by atoms with Crippen molar-refractivity contribution in [1.29, 1.82) is 0 Å². The summed E-state index contributed by atoms with van der Waals surface area (Å²) >= 11 is 0. The summed E-state index contributed by atoms with van der Waals surface area (Å²) in [6.07, 6.45) is 0. The largest absolute Gasteiger partial charge is 0.460 e. The summed E-state index contributed by atoms with van der Waals surface area (Å²) < 4.78 is 4.88. The molecule has 0 atom stereocenters. The molecule has 6 nitrogen and oxygen atoms in total. The van der Waals surface area contributed by atoms with Gasteiger partial charge < -0.3 is 19.9 Å². The van der Waals surface area contributed by atoms with Crippen molar-refractivity contribution in [2.75, 3.05) is 46.4 Å². The first-order valence-electron chi connectivity index (χ1n) is 6.04. The van der Waals surface area contributed by atoms with Gasteiger partial charge in [-0.1, -0.05) is 6.58 Å². The highest BCUT2D eigenvalue weighted by Gasteiger charge is 2.18. The zero-order chi connectivity index (χ0) is 13.5. The van der Waals surface area contributed by atoms with E-state index in [4.69, 9.17) is 4.74 Å². The van der Waals surface area contributed by atoms with Gasteiger partial charge in [-0.3, -0.25) is 0 Å². The van der Waals surface area contributed by atoms with E-state index in [0.717, 1.165) is 26.2 Å². The van der Waals surface area contributed by atoms with Crippen LogP contribution in [0.3, 0.4) is 0 Å². The predicted molar refractivity (Wildman–Crippen MR) is 68.2 cm³/mol. The number of amides is 2. The number of piperazine rings is 1. The van der Waals surface area contributed by atoms with Crippen molar-refractivity contribution in [2.24, 2.45) is 0 Å². The Morgan fingerprint density at radius 2 is 1.89 bits per heavy atom. The molecular formula is C12H21N3O3. The van der Waals surface area contributed by atoms with Crippen LogP contribution in [0.4, 0.5) is 4.79 Å². The molecule has 102 valence electrons. The van der Waals surface area contributed by atoms with Crippen LogP contribution in [0.2, 0.25) is 0 Å². The number of hydrogen-bond donors (Lipinski definition) is 1. The van der Waals surface area contributed by atoms with E-state index in [2.05, 4.69) is 16.8 Å². The van der Waals surface area contributed by atoms with Gasteiger partial charge in [-0.15, -0.1) is 0 Å². The van der Waals surface area contributed by atoms with Crippen LogP contribution in [0.5, 0.6) is 0 Å². The Bertz CT molecular complexity index is 323. The van der Waals surface area contributed by atoms with Crippen molar-refractivity contribution in [3.05, 3.63) is 12.2 Å². The van der Waals surface area contributed by atoms with E-state index >= 15 is 0 Å². The number of nitrogens with zero attached hydrogens (tertiary/aromatic N) is 2. The molecule has 6 heteroatoms. The number of hydrogen-bond acceptors (Lipinski definition) is 4. The summed E-state index contributed by atoms with van der Waals surface area (Å²) in [4.78, 5) is 26.7. The minimum atomic E-state index is -0.427. The molecule has 18 heavy (non-hydrogen) atoms. The van der Waals surface area contributed by atoms with Gasteiger partial charge in [-0.25, -0.2) is 9.59 Å². The molecule has 0 aromatic heterocycles. The fourth-order valence-electron chi connectivity index (χ4n) is 1.55. The van der Waals surface area contributed by atoms with Gasteiger partial charge >= 0.3 is 12.0 Å². The van der Waals surface area contributed by atoms with Crippen LogP contribution >= 0.6 is 0 Å². The molecule has 1 heterocycles. The van der Waals surface area contributed by atoms with Crippen molar-refractivity contribution >= 4 is 12.0 Å². The average molecular weight is 255 g/mol. The number of nitrogens with one attached hydrogen (secondary N) is 1. The van der Waals surface area contributed by atoms with Gasteiger partial charge in [0.15, 0.2) is 0 Å². The second kappa shape index (κ2) is 7.00. The second-order valence-corrected chi connectivity index (χ2v) is 4.44. The molecule has 0 aliphatic carbocycles. The Kier molecular flexibility index (Phi) is 5.64. The van der Waals surface area contributed by atoms with E-state index in [1.807, 2.05) is 7.05 Å². The Labute approximate surface area is 108 Å². The maximum Gasteiger partial charge on any atom is 0.333 e. The molecule has 1 aliphatic heterocycles. The van der Waals surface area contributed by atoms with Gasteiger partial charge in [0.1, 0.15) is 6.61 Å². The molecule has 0 unspecified atom stereocenters. The molecule has 1 N–H and O–H groups in total. The third-order valence-electron chi connectivity index (χ3n) is 2.75. The van der Waals surface area contributed by atoms with Gasteiger partial charge in [0.2, 0.25) is 0 Å². The second-order valence-electron chi connectivity index (χ2n) is 4.44. The molecule has 0 radical (unpaired) electrons. The molecule has 1 aliphatic rings. The predicted octanol–water partition coefficient (Wildman–Crippen LogP) is 0.0627. The smallest absolute Gasteiger partial charge is 0.333 e. The summed E-state index contributed by atoms with van der Waals surface area (Å²) in [6.45, 7) is 8.79. The van der Waals surface area contributed by atoms with Crippen LogP contribution in [-0.2, 0) is 9.53 Å². The molecule has 1 rings (SSSR count).